The molecule has 0 amide bonds. The second kappa shape index (κ2) is 5.27. The molecule has 0 aliphatic rings. The van der Waals surface area contributed by atoms with Crippen molar-refractivity contribution in [1.82, 2.24) is 0 Å². The van der Waals surface area contributed by atoms with Crippen molar-refractivity contribution in [3.8, 4) is 5.75 Å². The number of carbonyl (C=O) groups is 1. The van der Waals surface area contributed by atoms with Crippen molar-refractivity contribution in [2.24, 2.45) is 0 Å². The van der Waals surface area contributed by atoms with Crippen LogP contribution in [-0.2, 0) is 4.74 Å². The molecule has 0 spiro atoms. The molecular formula is C13H17FO3. The normalized spacial score (nSPS) is 11.4. The van der Waals surface area contributed by atoms with E-state index < -0.39 is 11.4 Å². The van der Waals surface area contributed by atoms with Crippen LogP contribution in [0.2, 0.25) is 0 Å². The van der Waals surface area contributed by atoms with Crippen molar-refractivity contribution in [2.75, 3.05) is 13.7 Å². The zero-order chi connectivity index (χ0) is 13.1. The van der Waals surface area contributed by atoms with Crippen molar-refractivity contribution < 1.29 is 18.7 Å². The van der Waals surface area contributed by atoms with Gasteiger partial charge in [-0.15, -0.1) is 0 Å². The number of ketones is 1. The van der Waals surface area contributed by atoms with Gasteiger partial charge in [0.15, 0.2) is 5.78 Å². The van der Waals surface area contributed by atoms with Gasteiger partial charge in [0.25, 0.3) is 0 Å². The van der Waals surface area contributed by atoms with E-state index in [1.54, 1.807) is 26.8 Å². The molecule has 0 radical (unpaired) electrons. The van der Waals surface area contributed by atoms with Crippen LogP contribution in [0.4, 0.5) is 4.39 Å². The zero-order valence-corrected chi connectivity index (χ0v) is 10.5. The van der Waals surface area contributed by atoms with Gasteiger partial charge in [0.1, 0.15) is 17.2 Å². The van der Waals surface area contributed by atoms with Crippen molar-refractivity contribution in [1.29, 1.82) is 0 Å². The molecule has 0 N–H and O–H groups in total. The minimum absolute atomic E-state index is 0.0178. The molecular weight excluding hydrogens is 223 g/mol. The van der Waals surface area contributed by atoms with E-state index in [0.717, 1.165) is 0 Å². The molecule has 0 heterocycles. The maximum atomic E-state index is 13.7. The Hall–Kier alpha value is -1.42. The number of ether oxygens (including phenoxy) is 2. The fourth-order valence-electron chi connectivity index (χ4n) is 1.56. The molecule has 0 fully saturated rings. The molecule has 0 aliphatic carbocycles. The van der Waals surface area contributed by atoms with Crippen LogP contribution in [0, 0.1) is 5.82 Å². The topological polar surface area (TPSA) is 35.5 Å². The highest BCUT2D eigenvalue weighted by atomic mass is 19.1. The third kappa shape index (κ3) is 3.03. The second-order valence-corrected chi connectivity index (χ2v) is 4.12. The molecule has 0 saturated heterocycles. The summed E-state index contributed by atoms with van der Waals surface area (Å²) in [6.07, 6.45) is 0. The minimum atomic E-state index is -1.02. The number of rotatable bonds is 5. The Morgan fingerprint density at radius 1 is 1.41 bits per heavy atom. The number of Topliss-reactive ketones (excluding diaryl/α,β-unsaturated/α-hetero) is 1. The highest BCUT2D eigenvalue weighted by Gasteiger charge is 2.31. The summed E-state index contributed by atoms with van der Waals surface area (Å²) >= 11 is 0. The van der Waals surface area contributed by atoms with Crippen LogP contribution in [0.1, 0.15) is 31.1 Å². The first-order valence-electron chi connectivity index (χ1n) is 5.44. The molecule has 1 aromatic rings. The van der Waals surface area contributed by atoms with Gasteiger partial charge >= 0.3 is 0 Å². The summed E-state index contributed by atoms with van der Waals surface area (Å²) in [5.74, 6) is -0.588. The fourth-order valence-corrected chi connectivity index (χ4v) is 1.56. The Kier molecular flexibility index (Phi) is 4.23. The smallest absolute Gasteiger partial charge is 0.196 e. The monoisotopic (exact) mass is 240 g/mol. The highest BCUT2D eigenvalue weighted by Crippen LogP contribution is 2.22. The molecule has 3 nitrogen and oxygen atoms in total. The quantitative estimate of drug-likeness (QED) is 0.742. The Balaban J connectivity index is 3.04. The molecule has 17 heavy (non-hydrogen) atoms. The van der Waals surface area contributed by atoms with Crippen LogP contribution in [0.3, 0.4) is 0 Å². The lowest BCUT2D eigenvalue weighted by Gasteiger charge is -2.23. The summed E-state index contributed by atoms with van der Waals surface area (Å²) < 4.78 is 23.9. The molecule has 0 bridgehead atoms. The van der Waals surface area contributed by atoms with Gasteiger partial charge in [-0.1, -0.05) is 0 Å². The third-order valence-electron chi connectivity index (χ3n) is 2.47. The average molecular weight is 240 g/mol. The molecule has 0 unspecified atom stereocenters. The van der Waals surface area contributed by atoms with Crippen LogP contribution in [0.5, 0.6) is 5.75 Å². The van der Waals surface area contributed by atoms with Gasteiger partial charge in [-0.05, 0) is 32.9 Å². The molecule has 1 aromatic carbocycles. The van der Waals surface area contributed by atoms with Crippen LogP contribution in [0.25, 0.3) is 0 Å². The van der Waals surface area contributed by atoms with Crippen molar-refractivity contribution in [2.45, 2.75) is 26.4 Å². The van der Waals surface area contributed by atoms with E-state index in [-0.39, 0.29) is 11.3 Å². The van der Waals surface area contributed by atoms with Crippen LogP contribution < -0.4 is 4.74 Å². The summed E-state index contributed by atoms with van der Waals surface area (Å²) in [6.45, 7) is 5.45. The molecule has 0 aromatic heterocycles. The summed E-state index contributed by atoms with van der Waals surface area (Å²) in [4.78, 5) is 12.1. The number of hydrogen-bond donors (Lipinski definition) is 0. The van der Waals surface area contributed by atoms with E-state index in [1.807, 2.05) is 0 Å². The Morgan fingerprint density at radius 3 is 2.53 bits per heavy atom. The highest BCUT2D eigenvalue weighted by molar-refractivity contribution is 6.02. The summed E-state index contributed by atoms with van der Waals surface area (Å²) in [7, 11) is 1.44. The number of benzene rings is 1. The average Bonchev–Trinajstić information content (AvgIpc) is 2.28. The molecule has 0 atom stereocenters. The molecule has 0 saturated carbocycles. The summed E-state index contributed by atoms with van der Waals surface area (Å²) in [5, 5.41) is 0. The first kappa shape index (κ1) is 13.6. The summed E-state index contributed by atoms with van der Waals surface area (Å²) in [5.41, 5.74) is -1.01. The van der Waals surface area contributed by atoms with Crippen molar-refractivity contribution >= 4 is 5.78 Å². The lowest BCUT2D eigenvalue weighted by molar-refractivity contribution is 0.000949. The zero-order valence-electron chi connectivity index (χ0n) is 10.5. The Labute approximate surface area is 101 Å². The molecule has 94 valence electrons. The van der Waals surface area contributed by atoms with E-state index in [0.29, 0.717) is 12.4 Å². The van der Waals surface area contributed by atoms with Gasteiger partial charge in [-0.25, -0.2) is 4.39 Å². The SMILES string of the molecule is CCOC(C)(C)C(=O)c1ccc(OC)cc1F. The van der Waals surface area contributed by atoms with Crippen molar-refractivity contribution in [3.63, 3.8) is 0 Å². The van der Waals surface area contributed by atoms with Gasteiger partial charge in [-0.3, -0.25) is 4.79 Å². The Bertz CT molecular complexity index is 413. The van der Waals surface area contributed by atoms with Gasteiger partial charge in [0.05, 0.1) is 12.7 Å². The lowest BCUT2D eigenvalue weighted by atomic mass is 9.96. The van der Waals surface area contributed by atoms with E-state index in [9.17, 15) is 9.18 Å². The largest absolute Gasteiger partial charge is 0.497 e. The molecule has 0 aliphatic heterocycles. The second-order valence-electron chi connectivity index (χ2n) is 4.12. The lowest BCUT2D eigenvalue weighted by Crippen LogP contribution is -2.35. The summed E-state index contributed by atoms with van der Waals surface area (Å²) in [6, 6.07) is 4.16. The number of halogens is 1. The standard InChI is InChI=1S/C13H17FO3/c1-5-17-13(2,3)12(15)10-7-6-9(16-4)8-11(10)14/h6-8H,5H2,1-4H3. The predicted molar refractivity (Wildman–Crippen MR) is 63.0 cm³/mol. The van der Waals surface area contributed by atoms with Crippen LogP contribution >= 0.6 is 0 Å². The van der Waals surface area contributed by atoms with E-state index in [2.05, 4.69) is 0 Å². The maximum absolute atomic E-state index is 13.7. The number of hydrogen-bond acceptors (Lipinski definition) is 3. The van der Waals surface area contributed by atoms with Crippen molar-refractivity contribution in [3.05, 3.63) is 29.6 Å². The maximum Gasteiger partial charge on any atom is 0.196 e. The molecule has 4 heteroatoms. The van der Waals surface area contributed by atoms with E-state index >= 15 is 0 Å². The number of carbonyl (C=O) groups excluding carboxylic acids is 1. The first-order chi connectivity index (χ1) is 7.92. The number of methoxy groups -OCH3 is 1. The van der Waals surface area contributed by atoms with Gasteiger partial charge in [0, 0.05) is 12.7 Å². The predicted octanol–water partition coefficient (Wildman–Crippen LogP) is 2.83. The van der Waals surface area contributed by atoms with Crippen LogP contribution in [0.15, 0.2) is 18.2 Å². The first-order valence-corrected chi connectivity index (χ1v) is 5.44. The van der Waals surface area contributed by atoms with Gasteiger partial charge < -0.3 is 9.47 Å². The minimum Gasteiger partial charge on any atom is -0.497 e. The van der Waals surface area contributed by atoms with Crippen LogP contribution in [-0.4, -0.2) is 25.1 Å². The fraction of sp³-hybridized carbons (Fsp3) is 0.462. The van der Waals surface area contributed by atoms with E-state index in [4.69, 9.17) is 9.47 Å². The molecule has 1 rings (SSSR count). The Morgan fingerprint density at radius 2 is 2.06 bits per heavy atom. The van der Waals surface area contributed by atoms with Gasteiger partial charge in [0.2, 0.25) is 0 Å². The van der Waals surface area contributed by atoms with Gasteiger partial charge in [-0.2, -0.15) is 0 Å². The third-order valence-corrected chi connectivity index (χ3v) is 2.47. The van der Waals surface area contributed by atoms with E-state index in [1.165, 1.54) is 19.2 Å².